The van der Waals surface area contributed by atoms with Crippen LogP contribution in [0, 0.1) is 0 Å². The van der Waals surface area contributed by atoms with Crippen molar-refractivity contribution in [3.05, 3.63) is 67.6 Å². The molecule has 1 heterocycles. The Morgan fingerprint density at radius 1 is 1.14 bits per heavy atom. The maximum atomic E-state index is 12.4. The van der Waals surface area contributed by atoms with Crippen molar-refractivity contribution in [1.29, 1.82) is 0 Å². The predicted octanol–water partition coefficient (Wildman–Crippen LogP) is 3.53. The van der Waals surface area contributed by atoms with Crippen molar-refractivity contribution in [2.75, 3.05) is 0 Å². The highest BCUT2D eigenvalue weighted by Gasteiger charge is 2.19. The molecule has 0 fully saturated rings. The van der Waals surface area contributed by atoms with Crippen molar-refractivity contribution < 1.29 is 4.79 Å². The number of hydrogen-bond donors (Lipinski definition) is 0. The van der Waals surface area contributed by atoms with Crippen LogP contribution in [0.25, 0.3) is 0 Å². The monoisotopic (exact) mass is 321 g/mol. The van der Waals surface area contributed by atoms with Gasteiger partial charge in [0.2, 0.25) is 0 Å². The molecule has 0 saturated carbocycles. The summed E-state index contributed by atoms with van der Waals surface area (Å²) < 4.78 is 1.56. The van der Waals surface area contributed by atoms with Crippen LogP contribution in [0.15, 0.2) is 35.1 Å². The van der Waals surface area contributed by atoms with Crippen LogP contribution in [-0.4, -0.2) is 10.4 Å². The number of benzene rings is 1. The van der Waals surface area contributed by atoms with Crippen LogP contribution in [0.4, 0.5) is 0 Å². The molecule has 1 aromatic heterocycles. The zero-order valence-electron chi connectivity index (χ0n) is 11.2. The van der Waals surface area contributed by atoms with Crippen LogP contribution < -0.4 is 5.56 Å². The Morgan fingerprint density at radius 3 is 2.76 bits per heavy atom. The third-order valence-electron chi connectivity index (χ3n) is 3.78. The number of carbonyl (C=O) groups is 1. The van der Waals surface area contributed by atoms with Crippen LogP contribution in [0.2, 0.25) is 10.0 Å². The topological polar surface area (TPSA) is 39.1 Å². The highest BCUT2D eigenvalue weighted by Crippen LogP contribution is 2.23. The van der Waals surface area contributed by atoms with Crippen LogP contribution in [-0.2, 0) is 19.4 Å². The smallest absolute Gasteiger partial charge is 0.251 e. The average Bonchev–Trinajstić information content (AvgIpc) is 2.93. The minimum Gasteiger partial charge on any atom is -0.305 e. The van der Waals surface area contributed by atoms with Crippen LogP contribution in [0.5, 0.6) is 0 Å². The fraction of sp³-hybridized carbons (Fsp3) is 0.250. The van der Waals surface area contributed by atoms with Gasteiger partial charge in [-0.15, -0.1) is 0 Å². The van der Waals surface area contributed by atoms with Gasteiger partial charge >= 0.3 is 0 Å². The lowest BCUT2D eigenvalue weighted by Crippen LogP contribution is -2.26. The Kier molecular flexibility index (Phi) is 3.87. The minimum absolute atomic E-state index is 0.00205. The molecule has 5 heteroatoms. The van der Waals surface area contributed by atoms with E-state index in [1.165, 1.54) is 6.07 Å². The van der Waals surface area contributed by atoms with Crippen molar-refractivity contribution in [2.24, 2.45) is 0 Å². The van der Waals surface area contributed by atoms with Crippen molar-refractivity contribution >= 4 is 29.0 Å². The molecule has 1 aromatic carbocycles. The van der Waals surface area contributed by atoms with Gasteiger partial charge in [-0.2, -0.15) is 0 Å². The number of aryl methyl sites for hydroxylation is 1. The standard InChI is InChI=1S/C16H13Cl2NO2/c17-11-5-6-13(18)12(8-11)15(20)9-19-14-3-1-2-10(14)4-7-16(19)21/h4-8H,1-3,9H2. The van der Waals surface area contributed by atoms with E-state index in [2.05, 4.69) is 0 Å². The molecule has 0 atom stereocenters. The van der Waals surface area contributed by atoms with E-state index in [0.29, 0.717) is 15.6 Å². The number of carbonyl (C=O) groups excluding carboxylic acids is 1. The molecule has 0 amide bonds. The maximum absolute atomic E-state index is 12.4. The molecule has 0 saturated heterocycles. The number of aromatic nitrogens is 1. The second-order valence-corrected chi connectivity index (χ2v) is 5.97. The molecule has 0 spiro atoms. The molecule has 0 unspecified atom stereocenters. The van der Waals surface area contributed by atoms with Gasteiger partial charge in [0.25, 0.3) is 5.56 Å². The van der Waals surface area contributed by atoms with Crippen molar-refractivity contribution in [1.82, 2.24) is 4.57 Å². The Balaban J connectivity index is 1.98. The van der Waals surface area contributed by atoms with Gasteiger partial charge in [-0.3, -0.25) is 9.59 Å². The number of rotatable bonds is 3. The summed E-state index contributed by atoms with van der Waals surface area (Å²) in [5.74, 6) is -0.204. The number of hydrogen-bond acceptors (Lipinski definition) is 2. The lowest BCUT2D eigenvalue weighted by atomic mass is 10.1. The molecule has 0 N–H and O–H groups in total. The van der Waals surface area contributed by atoms with Gasteiger partial charge in [0, 0.05) is 22.3 Å². The normalized spacial score (nSPS) is 13.2. The van der Waals surface area contributed by atoms with Crippen molar-refractivity contribution in [3.63, 3.8) is 0 Å². The lowest BCUT2D eigenvalue weighted by Gasteiger charge is -2.12. The number of fused-ring (bicyclic) bond motifs is 1. The molecule has 108 valence electrons. The summed E-state index contributed by atoms with van der Waals surface area (Å²) in [5.41, 5.74) is 2.32. The van der Waals surface area contributed by atoms with Crippen LogP contribution in [0.3, 0.4) is 0 Å². The molecule has 0 radical (unpaired) electrons. The highest BCUT2D eigenvalue weighted by atomic mass is 35.5. The summed E-state index contributed by atoms with van der Waals surface area (Å²) >= 11 is 12.0. The first-order valence-corrected chi connectivity index (χ1v) is 7.51. The third kappa shape index (κ3) is 2.76. The fourth-order valence-corrected chi connectivity index (χ4v) is 3.14. The van der Waals surface area contributed by atoms with Gasteiger partial charge in [0.15, 0.2) is 5.78 Å². The number of ketones is 1. The molecule has 21 heavy (non-hydrogen) atoms. The molecule has 0 aliphatic heterocycles. The summed E-state index contributed by atoms with van der Waals surface area (Å²) in [5, 5.41) is 0.804. The minimum atomic E-state index is -0.204. The van der Waals surface area contributed by atoms with Crippen LogP contribution in [0.1, 0.15) is 28.0 Å². The van der Waals surface area contributed by atoms with Gasteiger partial charge in [0.05, 0.1) is 11.6 Å². The van der Waals surface area contributed by atoms with E-state index >= 15 is 0 Å². The van der Waals surface area contributed by atoms with E-state index in [1.807, 2.05) is 6.07 Å². The lowest BCUT2D eigenvalue weighted by molar-refractivity contribution is 0.0970. The van der Waals surface area contributed by atoms with Gasteiger partial charge in [-0.1, -0.05) is 29.3 Å². The molecule has 3 rings (SSSR count). The Labute approximate surface area is 132 Å². The predicted molar refractivity (Wildman–Crippen MR) is 83.5 cm³/mol. The van der Waals surface area contributed by atoms with Crippen LogP contribution >= 0.6 is 23.2 Å². The fourth-order valence-electron chi connectivity index (χ4n) is 2.75. The second-order valence-electron chi connectivity index (χ2n) is 5.13. The second kappa shape index (κ2) is 5.66. The summed E-state index contributed by atoms with van der Waals surface area (Å²) in [4.78, 5) is 24.5. The molecule has 0 bridgehead atoms. The number of halogens is 2. The van der Waals surface area contributed by atoms with Crippen molar-refractivity contribution in [3.8, 4) is 0 Å². The number of pyridine rings is 1. The quantitative estimate of drug-likeness (QED) is 0.811. The zero-order chi connectivity index (χ0) is 15.0. The SMILES string of the molecule is O=C(Cn1c2c(ccc1=O)CCC2)c1cc(Cl)ccc1Cl. The van der Waals surface area contributed by atoms with Gasteiger partial charge in [0.1, 0.15) is 0 Å². The molecule has 2 aromatic rings. The first kappa shape index (κ1) is 14.4. The summed E-state index contributed by atoms with van der Waals surface area (Å²) in [6.07, 6.45) is 2.81. The van der Waals surface area contributed by atoms with E-state index in [1.54, 1.807) is 22.8 Å². The van der Waals surface area contributed by atoms with E-state index in [4.69, 9.17) is 23.2 Å². The van der Waals surface area contributed by atoms with Gasteiger partial charge in [-0.05, 0) is 43.0 Å². The molecular formula is C16H13Cl2NO2. The third-order valence-corrected chi connectivity index (χ3v) is 4.34. The van der Waals surface area contributed by atoms with E-state index in [0.717, 1.165) is 30.5 Å². The zero-order valence-corrected chi connectivity index (χ0v) is 12.7. The van der Waals surface area contributed by atoms with Gasteiger partial charge < -0.3 is 4.57 Å². The van der Waals surface area contributed by atoms with Gasteiger partial charge in [-0.25, -0.2) is 0 Å². The summed E-state index contributed by atoms with van der Waals surface area (Å²) in [6, 6.07) is 8.15. The number of nitrogens with zero attached hydrogens (tertiary/aromatic N) is 1. The maximum Gasteiger partial charge on any atom is 0.251 e. The largest absolute Gasteiger partial charge is 0.305 e. The molecule has 1 aliphatic rings. The first-order valence-electron chi connectivity index (χ1n) is 6.76. The average molecular weight is 322 g/mol. The van der Waals surface area contributed by atoms with E-state index in [9.17, 15) is 9.59 Å². The van der Waals surface area contributed by atoms with E-state index in [-0.39, 0.29) is 17.9 Å². The first-order chi connectivity index (χ1) is 10.1. The Bertz CT molecular complexity index is 780. The van der Waals surface area contributed by atoms with Crippen molar-refractivity contribution in [2.45, 2.75) is 25.8 Å². The number of Topliss-reactive ketones (excluding diaryl/α,β-unsaturated/α-hetero) is 1. The Morgan fingerprint density at radius 2 is 1.95 bits per heavy atom. The summed E-state index contributed by atoms with van der Waals surface area (Å²) in [7, 11) is 0. The molecule has 1 aliphatic carbocycles. The van der Waals surface area contributed by atoms with E-state index < -0.39 is 0 Å². The Hall–Kier alpha value is -1.58. The summed E-state index contributed by atoms with van der Waals surface area (Å²) in [6.45, 7) is 0.00205. The molecule has 3 nitrogen and oxygen atoms in total. The highest BCUT2D eigenvalue weighted by molar-refractivity contribution is 6.35. The molecular weight excluding hydrogens is 309 g/mol.